The van der Waals surface area contributed by atoms with Gasteiger partial charge in [-0.3, -0.25) is 9.59 Å². The van der Waals surface area contributed by atoms with Crippen LogP contribution >= 0.6 is 0 Å². The van der Waals surface area contributed by atoms with Crippen molar-refractivity contribution in [2.45, 2.75) is 37.9 Å². The molecular weight excluding hydrogens is 476 g/mol. The summed E-state index contributed by atoms with van der Waals surface area (Å²) >= 11 is 0. The van der Waals surface area contributed by atoms with Crippen molar-refractivity contribution in [2.24, 2.45) is 0 Å². The first kappa shape index (κ1) is 27.1. The van der Waals surface area contributed by atoms with Crippen LogP contribution in [0.4, 0.5) is 0 Å². The van der Waals surface area contributed by atoms with E-state index in [0.717, 1.165) is 27.6 Å². The number of para-hydroxylation sites is 1. The van der Waals surface area contributed by atoms with E-state index in [1.165, 1.54) is 0 Å². The Hall–Kier alpha value is -3.94. The molecule has 7 nitrogen and oxygen atoms in total. The van der Waals surface area contributed by atoms with E-state index in [4.69, 9.17) is 0 Å². The van der Waals surface area contributed by atoms with E-state index in [0.29, 0.717) is 32.5 Å². The Morgan fingerprint density at radius 3 is 2.18 bits per heavy atom. The molecule has 38 heavy (non-hydrogen) atoms. The highest BCUT2D eigenvalue weighted by atomic mass is 16.4. The molecule has 0 saturated heterocycles. The second-order valence-corrected chi connectivity index (χ2v) is 9.69. The topological polar surface area (TPSA) is 97.5 Å². The highest BCUT2D eigenvalue weighted by molar-refractivity contribution is 5.83. The van der Waals surface area contributed by atoms with Crippen LogP contribution < -0.4 is 10.6 Å². The van der Waals surface area contributed by atoms with Crippen LogP contribution in [0.5, 0.6) is 0 Å². The third-order valence-corrected chi connectivity index (χ3v) is 6.73. The summed E-state index contributed by atoms with van der Waals surface area (Å²) in [5, 5.41) is 17.4. The van der Waals surface area contributed by atoms with E-state index in [9.17, 15) is 14.7 Å². The summed E-state index contributed by atoms with van der Waals surface area (Å²) in [4.78, 5) is 30.0. The summed E-state index contributed by atoms with van der Waals surface area (Å²) in [6, 6.07) is 27.4. The van der Waals surface area contributed by atoms with Crippen molar-refractivity contribution in [1.82, 2.24) is 20.5 Å². The number of hydrogen-bond acceptors (Lipinski definition) is 4. The van der Waals surface area contributed by atoms with Gasteiger partial charge >= 0.3 is 5.97 Å². The Balaban J connectivity index is 1.37. The molecule has 1 heterocycles. The second-order valence-electron chi connectivity index (χ2n) is 9.69. The average Bonchev–Trinajstić information content (AvgIpc) is 3.33. The lowest BCUT2D eigenvalue weighted by Gasteiger charge is -2.25. The number of aromatic nitrogens is 1. The van der Waals surface area contributed by atoms with E-state index in [1.807, 2.05) is 98.2 Å². The Labute approximate surface area is 223 Å². The second kappa shape index (κ2) is 13.6. The number of aliphatic carboxylic acids is 1. The number of H-pyrrole nitrogens is 1. The number of nitrogens with zero attached hydrogens (tertiary/aromatic N) is 1. The molecule has 0 radical (unpaired) electrons. The van der Waals surface area contributed by atoms with E-state index in [-0.39, 0.29) is 24.4 Å². The zero-order chi connectivity index (χ0) is 26.7. The molecule has 0 bridgehead atoms. The number of carboxylic acid groups (broad SMARTS) is 1. The molecule has 198 valence electrons. The minimum atomic E-state index is -0.838. The minimum absolute atomic E-state index is 0.0195. The minimum Gasteiger partial charge on any atom is -0.481 e. The fourth-order valence-corrected chi connectivity index (χ4v) is 4.81. The first-order chi connectivity index (χ1) is 18.5. The number of benzene rings is 3. The molecule has 0 spiro atoms. The third kappa shape index (κ3) is 7.78. The average molecular weight is 513 g/mol. The molecule has 0 unspecified atom stereocenters. The highest BCUT2D eigenvalue weighted by Crippen LogP contribution is 2.19. The van der Waals surface area contributed by atoms with Gasteiger partial charge in [0.25, 0.3) is 0 Å². The molecule has 1 aromatic heterocycles. The van der Waals surface area contributed by atoms with Crippen molar-refractivity contribution in [2.75, 3.05) is 20.1 Å². The van der Waals surface area contributed by atoms with E-state index in [1.54, 1.807) is 4.90 Å². The zero-order valence-corrected chi connectivity index (χ0v) is 21.8. The fraction of sp³-hybridized carbons (Fsp3) is 0.290. The van der Waals surface area contributed by atoms with Crippen LogP contribution in [0.2, 0.25) is 0 Å². The molecule has 0 saturated carbocycles. The molecule has 4 N–H and O–H groups in total. The lowest BCUT2D eigenvalue weighted by atomic mass is 10.0. The normalized spacial score (nSPS) is 12.8. The van der Waals surface area contributed by atoms with Gasteiger partial charge in [0.2, 0.25) is 5.91 Å². The number of carbonyl (C=O) groups is 2. The third-order valence-electron chi connectivity index (χ3n) is 6.73. The van der Waals surface area contributed by atoms with Crippen molar-refractivity contribution >= 4 is 22.8 Å². The van der Waals surface area contributed by atoms with Crippen molar-refractivity contribution < 1.29 is 14.7 Å². The monoisotopic (exact) mass is 512 g/mol. The molecule has 0 fully saturated rings. The molecule has 4 rings (SSSR count). The van der Waals surface area contributed by atoms with Gasteiger partial charge in [-0.2, -0.15) is 0 Å². The molecular formula is C31H36N4O3. The molecule has 2 atom stereocenters. The fourth-order valence-electron chi connectivity index (χ4n) is 4.81. The quantitative estimate of drug-likeness (QED) is 0.192. The van der Waals surface area contributed by atoms with Gasteiger partial charge < -0.3 is 25.6 Å². The lowest BCUT2D eigenvalue weighted by molar-refractivity contribution is -0.137. The smallest absolute Gasteiger partial charge is 0.304 e. The maximum atomic E-state index is 13.4. The van der Waals surface area contributed by atoms with Gasteiger partial charge in [0.1, 0.15) is 0 Å². The van der Waals surface area contributed by atoms with Crippen LogP contribution in [0.25, 0.3) is 10.9 Å². The number of amides is 1. The predicted octanol–water partition coefficient (Wildman–Crippen LogP) is 4.00. The first-order valence-electron chi connectivity index (χ1n) is 13.1. The Morgan fingerprint density at radius 2 is 1.47 bits per heavy atom. The van der Waals surface area contributed by atoms with Crippen LogP contribution in [-0.2, 0) is 29.0 Å². The number of carbonyl (C=O) groups excluding carboxylic acids is 1. The van der Waals surface area contributed by atoms with Crippen molar-refractivity contribution in [3.63, 3.8) is 0 Å². The van der Waals surface area contributed by atoms with Gasteiger partial charge in [0.05, 0.1) is 12.5 Å². The largest absolute Gasteiger partial charge is 0.481 e. The summed E-state index contributed by atoms with van der Waals surface area (Å²) in [5.41, 5.74) is 4.30. The van der Waals surface area contributed by atoms with Gasteiger partial charge in [-0.25, -0.2) is 0 Å². The predicted molar refractivity (Wildman–Crippen MR) is 151 cm³/mol. The molecule has 4 aromatic rings. The van der Waals surface area contributed by atoms with Crippen LogP contribution in [0.15, 0.2) is 91.1 Å². The lowest BCUT2D eigenvalue weighted by Crippen LogP contribution is -2.48. The van der Waals surface area contributed by atoms with Gasteiger partial charge in [-0.15, -0.1) is 0 Å². The standard InChI is InChI=1S/C31H36N4O3/c1-35(22-24-12-6-3-7-13-24)31(38)29(18-23-10-4-2-5-11-23)33-17-16-32-26(20-30(36)37)19-25-21-34-28-15-9-8-14-27(25)28/h2-15,21,26,29,32-34H,16-20,22H2,1H3,(H,36,37)/t26-,29+/m1/s1. The van der Waals surface area contributed by atoms with Gasteiger partial charge in [-0.05, 0) is 35.6 Å². The van der Waals surface area contributed by atoms with Crippen LogP contribution in [-0.4, -0.2) is 59.1 Å². The van der Waals surface area contributed by atoms with Crippen LogP contribution in [0.3, 0.4) is 0 Å². The number of rotatable bonds is 14. The zero-order valence-electron chi connectivity index (χ0n) is 21.8. The Kier molecular flexibility index (Phi) is 9.67. The summed E-state index contributed by atoms with van der Waals surface area (Å²) in [6.45, 7) is 1.61. The Bertz CT molecular complexity index is 1310. The molecule has 7 heteroatoms. The summed E-state index contributed by atoms with van der Waals surface area (Å²) < 4.78 is 0. The number of aromatic amines is 1. The molecule has 0 aliphatic heterocycles. The summed E-state index contributed by atoms with van der Waals surface area (Å²) in [6.07, 6.45) is 3.15. The van der Waals surface area contributed by atoms with Crippen molar-refractivity contribution in [1.29, 1.82) is 0 Å². The summed E-state index contributed by atoms with van der Waals surface area (Å²) in [7, 11) is 1.83. The number of likely N-dealkylation sites (N-methyl/N-ethyl adjacent to an activating group) is 1. The van der Waals surface area contributed by atoms with E-state index in [2.05, 4.69) is 15.6 Å². The van der Waals surface area contributed by atoms with Gasteiger partial charge in [0.15, 0.2) is 0 Å². The Morgan fingerprint density at radius 1 is 0.842 bits per heavy atom. The number of fused-ring (bicyclic) bond motifs is 1. The number of nitrogens with one attached hydrogen (secondary N) is 3. The van der Waals surface area contributed by atoms with E-state index < -0.39 is 5.97 Å². The SMILES string of the molecule is CN(Cc1ccccc1)C(=O)[C@H](Cc1ccccc1)NCCN[C@@H](CC(=O)O)Cc1c[nH]c2ccccc12. The van der Waals surface area contributed by atoms with Crippen molar-refractivity contribution in [3.05, 3.63) is 108 Å². The van der Waals surface area contributed by atoms with Crippen molar-refractivity contribution in [3.8, 4) is 0 Å². The molecule has 0 aliphatic carbocycles. The summed E-state index contributed by atoms with van der Waals surface area (Å²) in [5.74, 6) is -0.812. The maximum Gasteiger partial charge on any atom is 0.304 e. The highest BCUT2D eigenvalue weighted by Gasteiger charge is 2.23. The van der Waals surface area contributed by atoms with Crippen LogP contribution in [0.1, 0.15) is 23.1 Å². The van der Waals surface area contributed by atoms with Gasteiger partial charge in [-0.1, -0.05) is 78.9 Å². The van der Waals surface area contributed by atoms with Crippen LogP contribution in [0, 0.1) is 0 Å². The molecule has 3 aromatic carbocycles. The number of carboxylic acids is 1. The van der Waals surface area contributed by atoms with E-state index >= 15 is 0 Å². The maximum absolute atomic E-state index is 13.4. The molecule has 1 amide bonds. The number of hydrogen-bond donors (Lipinski definition) is 4. The first-order valence-corrected chi connectivity index (χ1v) is 13.1. The van der Waals surface area contributed by atoms with Gasteiger partial charge in [0, 0.05) is 49.8 Å². The molecule has 0 aliphatic rings.